The fourth-order valence-corrected chi connectivity index (χ4v) is 3.95. The third-order valence-corrected chi connectivity index (χ3v) is 5.97. The molecule has 6 nitrogen and oxygen atoms in total. The van der Waals surface area contributed by atoms with Gasteiger partial charge in [0.05, 0.1) is 6.61 Å². The van der Waals surface area contributed by atoms with E-state index in [4.69, 9.17) is 9.47 Å². The molecule has 3 N–H and O–H groups in total. The SMILES string of the molecule is CCCCCCCCCCCCCCCCCC(=O)OCC(O)[C@H]1OC[C@H](O)[C@@H]1O. The maximum absolute atomic E-state index is 11.8. The minimum Gasteiger partial charge on any atom is -0.463 e. The first kappa shape index (κ1) is 27.3. The van der Waals surface area contributed by atoms with Gasteiger partial charge in [0.15, 0.2) is 0 Å². The summed E-state index contributed by atoms with van der Waals surface area (Å²) in [6.07, 6.45) is 15.4. The van der Waals surface area contributed by atoms with E-state index in [0.717, 1.165) is 19.3 Å². The number of carbonyl (C=O) groups excluding carboxylic acids is 1. The summed E-state index contributed by atoms with van der Waals surface area (Å²) in [5.41, 5.74) is 0. The van der Waals surface area contributed by atoms with Crippen LogP contribution in [-0.4, -0.2) is 58.9 Å². The Bertz CT molecular complexity index is 417. The number of aliphatic hydroxyl groups excluding tert-OH is 3. The van der Waals surface area contributed by atoms with Gasteiger partial charge in [-0.15, -0.1) is 0 Å². The summed E-state index contributed by atoms with van der Waals surface area (Å²) in [4.78, 5) is 11.8. The molecule has 1 heterocycles. The van der Waals surface area contributed by atoms with E-state index in [-0.39, 0.29) is 19.2 Å². The Hall–Kier alpha value is -0.690. The van der Waals surface area contributed by atoms with E-state index >= 15 is 0 Å². The summed E-state index contributed by atoms with van der Waals surface area (Å²) in [6, 6.07) is 0. The van der Waals surface area contributed by atoms with Crippen LogP contribution in [0.1, 0.15) is 110 Å². The van der Waals surface area contributed by atoms with E-state index in [1.54, 1.807) is 0 Å². The Kier molecular flexibility index (Phi) is 16.3. The van der Waals surface area contributed by atoms with Crippen molar-refractivity contribution < 1.29 is 29.6 Å². The van der Waals surface area contributed by atoms with E-state index in [2.05, 4.69) is 6.92 Å². The Morgan fingerprint density at radius 1 is 0.867 bits per heavy atom. The van der Waals surface area contributed by atoms with Crippen LogP contribution in [0.15, 0.2) is 0 Å². The first-order valence-corrected chi connectivity index (χ1v) is 12.4. The van der Waals surface area contributed by atoms with Gasteiger partial charge in [0, 0.05) is 6.42 Å². The molecule has 1 saturated heterocycles. The molecule has 0 saturated carbocycles. The van der Waals surface area contributed by atoms with E-state index < -0.39 is 24.4 Å². The standard InChI is InChI=1S/C24H46O6/c1-2-3-4-5-6-7-8-9-10-11-12-13-14-15-16-17-22(27)29-19-21(26)24-23(28)20(25)18-30-24/h20-21,23-26,28H,2-19H2,1H3/t20-,21?,23-,24+/m0/s1. The first-order chi connectivity index (χ1) is 14.6. The molecule has 178 valence electrons. The van der Waals surface area contributed by atoms with Gasteiger partial charge in [-0.05, 0) is 6.42 Å². The van der Waals surface area contributed by atoms with Crippen molar-refractivity contribution in [3.05, 3.63) is 0 Å². The number of unbranched alkanes of at least 4 members (excludes halogenated alkanes) is 14. The fourth-order valence-electron chi connectivity index (χ4n) is 3.95. The van der Waals surface area contributed by atoms with Gasteiger partial charge in [0.2, 0.25) is 0 Å². The number of esters is 1. The summed E-state index contributed by atoms with van der Waals surface area (Å²) >= 11 is 0. The maximum atomic E-state index is 11.8. The number of hydrogen-bond donors (Lipinski definition) is 3. The summed E-state index contributed by atoms with van der Waals surface area (Å²) in [6.45, 7) is 2.03. The molecule has 6 heteroatoms. The third-order valence-electron chi connectivity index (χ3n) is 5.97. The second kappa shape index (κ2) is 17.9. The maximum Gasteiger partial charge on any atom is 0.305 e. The molecule has 0 bridgehead atoms. The van der Waals surface area contributed by atoms with Gasteiger partial charge in [-0.2, -0.15) is 0 Å². The molecule has 4 atom stereocenters. The zero-order valence-corrected chi connectivity index (χ0v) is 19.1. The number of rotatable bonds is 19. The van der Waals surface area contributed by atoms with Crippen molar-refractivity contribution in [3.8, 4) is 0 Å². The largest absolute Gasteiger partial charge is 0.463 e. The molecule has 0 aromatic heterocycles. The minimum atomic E-state index is -1.14. The lowest BCUT2D eigenvalue weighted by molar-refractivity contribution is -0.151. The lowest BCUT2D eigenvalue weighted by atomic mass is 10.0. The molecule has 1 unspecified atom stereocenters. The van der Waals surface area contributed by atoms with Crippen molar-refractivity contribution in [2.75, 3.05) is 13.2 Å². The predicted octanol–water partition coefficient (Wildman–Crippen LogP) is 4.27. The average molecular weight is 431 g/mol. The van der Waals surface area contributed by atoms with Gasteiger partial charge in [-0.3, -0.25) is 4.79 Å². The molecule has 0 aromatic rings. The summed E-state index contributed by atoms with van der Waals surface area (Å²) in [5.74, 6) is -0.336. The molecule has 1 rings (SSSR count). The number of carbonyl (C=O) groups is 1. The first-order valence-electron chi connectivity index (χ1n) is 12.4. The Balaban J connectivity index is 1.83. The van der Waals surface area contributed by atoms with Gasteiger partial charge >= 0.3 is 5.97 Å². The molecule has 1 aliphatic rings. The number of ether oxygens (including phenoxy) is 2. The zero-order valence-electron chi connectivity index (χ0n) is 19.1. The van der Waals surface area contributed by atoms with Crippen LogP contribution in [0, 0.1) is 0 Å². The second-order valence-electron chi connectivity index (χ2n) is 8.81. The summed E-state index contributed by atoms with van der Waals surface area (Å²) in [5, 5.41) is 29.0. The van der Waals surface area contributed by atoms with E-state index in [0.29, 0.717) is 6.42 Å². The van der Waals surface area contributed by atoms with E-state index in [1.807, 2.05) is 0 Å². The van der Waals surface area contributed by atoms with E-state index in [9.17, 15) is 20.1 Å². The highest BCUT2D eigenvalue weighted by atomic mass is 16.6. The van der Waals surface area contributed by atoms with Crippen LogP contribution < -0.4 is 0 Å². The average Bonchev–Trinajstić information content (AvgIpc) is 3.07. The van der Waals surface area contributed by atoms with Crippen LogP contribution in [0.3, 0.4) is 0 Å². The highest BCUT2D eigenvalue weighted by Gasteiger charge is 2.39. The highest BCUT2D eigenvalue weighted by Crippen LogP contribution is 2.18. The predicted molar refractivity (Wildman–Crippen MR) is 118 cm³/mol. The second-order valence-corrected chi connectivity index (χ2v) is 8.81. The monoisotopic (exact) mass is 430 g/mol. The summed E-state index contributed by atoms with van der Waals surface area (Å²) in [7, 11) is 0. The van der Waals surface area contributed by atoms with E-state index in [1.165, 1.54) is 77.0 Å². The zero-order chi connectivity index (χ0) is 22.0. The Morgan fingerprint density at radius 2 is 1.33 bits per heavy atom. The quantitative estimate of drug-likeness (QED) is 0.209. The van der Waals surface area contributed by atoms with Crippen LogP contribution in [0.25, 0.3) is 0 Å². The number of aliphatic hydroxyl groups is 3. The molecule has 0 amide bonds. The molecule has 0 aromatic carbocycles. The van der Waals surface area contributed by atoms with Crippen LogP contribution in [0.5, 0.6) is 0 Å². The molecular formula is C24H46O6. The summed E-state index contributed by atoms with van der Waals surface area (Å²) < 4.78 is 10.2. The van der Waals surface area contributed by atoms with Crippen molar-refractivity contribution in [2.24, 2.45) is 0 Å². The van der Waals surface area contributed by atoms with Crippen molar-refractivity contribution in [1.29, 1.82) is 0 Å². The molecule has 0 radical (unpaired) electrons. The normalized spacial score (nSPS) is 22.3. The lowest BCUT2D eigenvalue weighted by Gasteiger charge is -2.20. The molecule has 1 aliphatic heterocycles. The number of hydrogen-bond acceptors (Lipinski definition) is 6. The van der Waals surface area contributed by atoms with Crippen molar-refractivity contribution in [2.45, 2.75) is 134 Å². The van der Waals surface area contributed by atoms with Gasteiger partial charge < -0.3 is 24.8 Å². The van der Waals surface area contributed by atoms with Crippen LogP contribution in [0.2, 0.25) is 0 Å². The fraction of sp³-hybridized carbons (Fsp3) is 0.958. The third kappa shape index (κ3) is 12.9. The Labute approximate surface area is 183 Å². The minimum absolute atomic E-state index is 0.0179. The lowest BCUT2D eigenvalue weighted by Crippen LogP contribution is -2.41. The van der Waals surface area contributed by atoms with Gasteiger partial charge in [0.25, 0.3) is 0 Å². The smallest absolute Gasteiger partial charge is 0.305 e. The Morgan fingerprint density at radius 3 is 1.77 bits per heavy atom. The van der Waals surface area contributed by atoms with Crippen molar-refractivity contribution in [1.82, 2.24) is 0 Å². The van der Waals surface area contributed by atoms with Crippen molar-refractivity contribution >= 4 is 5.97 Å². The van der Waals surface area contributed by atoms with Crippen LogP contribution in [0.4, 0.5) is 0 Å². The molecular weight excluding hydrogens is 384 g/mol. The van der Waals surface area contributed by atoms with Gasteiger partial charge in [-0.25, -0.2) is 0 Å². The molecule has 30 heavy (non-hydrogen) atoms. The van der Waals surface area contributed by atoms with Gasteiger partial charge in [0.1, 0.15) is 31.0 Å². The topological polar surface area (TPSA) is 96.2 Å². The van der Waals surface area contributed by atoms with Crippen LogP contribution >= 0.6 is 0 Å². The van der Waals surface area contributed by atoms with Gasteiger partial charge in [-0.1, -0.05) is 96.8 Å². The highest BCUT2D eigenvalue weighted by molar-refractivity contribution is 5.69. The van der Waals surface area contributed by atoms with Crippen LogP contribution in [-0.2, 0) is 14.3 Å². The molecule has 0 spiro atoms. The van der Waals surface area contributed by atoms with Crippen molar-refractivity contribution in [3.63, 3.8) is 0 Å². The molecule has 0 aliphatic carbocycles. The molecule has 1 fully saturated rings.